The minimum atomic E-state index is 0.466. The topological polar surface area (TPSA) is 29.3 Å². The second-order valence-electron chi connectivity index (χ2n) is 4.16. The second-order valence-corrected chi connectivity index (χ2v) is 4.16. The minimum Gasteiger partial charge on any atom is -0.371 e. The van der Waals surface area contributed by atoms with Crippen LogP contribution in [0.25, 0.3) is 0 Å². The first-order chi connectivity index (χ1) is 5.33. The molecule has 3 aliphatic rings. The van der Waals surface area contributed by atoms with Crippen molar-refractivity contribution in [1.29, 1.82) is 0 Å². The van der Waals surface area contributed by atoms with Crippen molar-refractivity contribution in [3.05, 3.63) is 11.8 Å². The number of hydrogen-bond acceptors (Lipinski definition) is 2. The zero-order valence-corrected chi connectivity index (χ0v) is 6.66. The van der Waals surface area contributed by atoms with Crippen LogP contribution in [0.5, 0.6) is 0 Å². The van der Waals surface area contributed by atoms with Gasteiger partial charge < -0.3 is 10.6 Å². The first-order valence-corrected chi connectivity index (χ1v) is 4.56. The van der Waals surface area contributed by atoms with Crippen molar-refractivity contribution in [3.8, 4) is 0 Å². The molecule has 0 spiro atoms. The highest BCUT2D eigenvalue weighted by Crippen LogP contribution is 2.42. The molecule has 2 heteroatoms. The first-order valence-electron chi connectivity index (χ1n) is 4.56. The molecule has 3 rings (SSSR count). The van der Waals surface area contributed by atoms with Gasteiger partial charge in [0, 0.05) is 30.7 Å². The van der Waals surface area contributed by atoms with Gasteiger partial charge in [-0.2, -0.15) is 0 Å². The lowest BCUT2D eigenvalue weighted by molar-refractivity contribution is 0.169. The Morgan fingerprint density at radius 2 is 2.36 bits per heavy atom. The van der Waals surface area contributed by atoms with Gasteiger partial charge in [-0.3, -0.25) is 0 Å². The second kappa shape index (κ2) is 1.81. The molecule has 2 fully saturated rings. The summed E-state index contributed by atoms with van der Waals surface area (Å²) in [6, 6.07) is 1.27. The molecule has 2 bridgehead atoms. The predicted molar refractivity (Wildman–Crippen MR) is 43.9 cm³/mol. The Bertz CT molecular complexity index is 222. The third-order valence-corrected chi connectivity index (χ3v) is 3.29. The third-order valence-electron chi connectivity index (χ3n) is 3.29. The highest BCUT2D eigenvalue weighted by Gasteiger charge is 2.41. The van der Waals surface area contributed by atoms with Crippen molar-refractivity contribution in [3.63, 3.8) is 0 Å². The molecule has 3 atom stereocenters. The van der Waals surface area contributed by atoms with E-state index in [0.717, 1.165) is 12.0 Å². The van der Waals surface area contributed by atoms with E-state index in [1.54, 1.807) is 5.70 Å². The van der Waals surface area contributed by atoms with E-state index in [9.17, 15) is 0 Å². The zero-order chi connectivity index (χ0) is 7.42. The minimum absolute atomic E-state index is 0.466. The lowest BCUT2D eigenvalue weighted by atomic mass is 9.90. The van der Waals surface area contributed by atoms with Gasteiger partial charge in [-0.05, 0) is 18.8 Å². The van der Waals surface area contributed by atoms with Gasteiger partial charge in [0.25, 0.3) is 0 Å². The maximum atomic E-state index is 5.98. The van der Waals surface area contributed by atoms with Crippen LogP contribution < -0.4 is 5.73 Å². The lowest BCUT2D eigenvalue weighted by Gasteiger charge is -2.42. The van der Waals surface area contributed by atoms with Crippen LogP contribution in [0.15, 0.2) is 11.8 Å². The van der Waals surface area contributed by atoms with Gasteiger partial charge in [0.2, 0.25) is 0 Å². The summed E-state index contributed by atoms with van der Waals surface area (Å²) in [5, 5.41) is 0. The van der Waals surface area contributed by atoms with Crippen LogP contribution in [0, 0.1) is 5.92 Å². The molecule has 2 saturated heterocycles. The summed E-state index contributed by atoms with van der Waals surface area (Å²) in [6.45, 7) is 1.27. The van der Waals surface area contributed by atoms with Crippen molar-refractivity contribution in [2.24, 2.45) is 11.7 Å². The maximum absolute atomic E-state index is 5.98. The number of fused-ring (bicyclic) bond motifs is 1. The SMILES string of the molecule is N[C@@H]1CC2C=C3C[C@H](C1)N3C2. The van der Waals surface area contributed by atoms with E-state index in [2.05, 4.69) is 11.0 Å². The predicted octanol–water partition coefficient (Wildman–Crippen LogP) is 0.696. The molecule has 2 N–H and O–H groups in total. The summed E-state index contributed by atoms with van der Waals surface area (Å²) in [5.74, 6) is 0.785. The Labute approximate surface area is 67.1 Å². The summed E-state index contributed by atoms with van der Waals surface area (Å²) in [4.78, 5) is 2.55. The molecule has 3 heterocycles. The lowest BCUT2D eigenvalue weighted by Crippen LogP contribution is -2.44. The molecular formula is C9H14N2. The summed E-state index contributed by atoms with van der Waals surface area (Å²) in [7, 11) is 0. The molecule has 0 saturated carbocycles. The molecule has 1 unspecified atom stereocenters. The van der Waals surface area contributed by atoms with Crippen molar-refractivity contribution in [2.75, 3.05) is 6.54 Å². The fraction of sp³-hybridized carbons (Fsp3) is 0.778. The van der Waals surface area contributed by atoms with Gasteiger partial charge in [0.05, 0.1) is 0 Å². The Morgan fingerprint density at radius 1 is 1.45 bits per heavy atom. The molecule has 60 valence electrons. The van der Waals surface area contributed by atoms with Gasteiger partial charge in [0.15, 0.2) is 0 Å². The largest absolute Gasteiger partial charge is 0.371 e. The van der Waals surface area contributed by atoms with Crippen LogP contribution in [0.3, 0.4) is 0 Å². The van der Waals surface area contributed by atoms with Gasteiger partial charge in [-0.1, -0.05) is 6.08 Å². The molecule has 2 nitrogen and oxygen atoms in total. The van der Waals surface area contributed by atoms with E-state index in [1.165, 1.54) is 25.8 Å². The average Bonchev–Trinajstić information content (AvgIpc) is 2.14. The van der Waals surface area contributed by atoms with Gasteiger partial charge in [-0.25, -0.2) is 0 Å². The van der Waals surface area contributed by atoms with Crippen LogP contribution in [0.2, 0.25) is 0 Å². The van der Waals surface area contributed by atoms with E-state index in [-0.39, 0.29) is 0 Å². The molecule has 0 radical (unpaired) electrons. The molecule has 0 aliphatic carbocycles. The van der Waals surface area contributed by atoms with Crippen molar-refractivity contribution in [2.45, 2.75) is 31.3 Å². The van der Waals surface area contributed by atoms with Gasteiger partial charge in [-0.15, -0.1) is 0 Å². The number of hydrogen-bond donors (Lipinski definition) is 1. The highest BCUT2D eigenvalue weighted by atomic mass is 15.2. The first kappa shape index (κ1) is 6.06. The van der Waals surface area contributed by atoms with Crippen molar-refractivity contribution >= 4 is 0 Å². The van der Waals surface area contributed by atoms with Crippen LogP contribution in [-0.2, 0) is 0 Å². The van der Waals surface area contributed by atoms with Crippen LogP contribution in [0.4, 0.5) is 0 Å². The molecular weight excluding hydrogens is 136 g/mol. The normalized spacial score (nSPS) is 46.5. The summed E-state index contributed by atoms with van der Waals surface area (Å²) in [6.07, 6.45) is 6.20. The molecule has 11 heavy (non-hydrogen) atoms. The number of nitrogens with zero attached hydrogens (tertiary/aromatic N) is 1. The third kappa shape index (κ3) is 0.707. The Kier molecular flexibility index (Phi) is 0.995. The van der Waals surface area contributed by atoms with E-state index < -0.39 is 0 Å². The van der Waals surface area contributed by atoms with E-state index in [0.29, 0.717) is 6.04 Å². The standard InChI is InChI=1S/C9H14N2/c10-7-1-6-2-8-4-9(3-7)11(8)5-6/h2,6-7,9H,1,3-5,10H2/t6?,7-,9+/m1/s1. The molecule has 3 aliphatic heterocycles. The molecule has 0 aromatic heterocycles. The fourth-order valence-corrected chi connectivity index (χ4v) is 2.79. The van der Waals surface area contributed by atoms with E-state index in [1.807, 2.05) is 0 Å². The van der Waals surface area contributed by atoms with Gasteiger partial charge >= 0.3 is 0 Å². The molecule has 0 aromatic rings. The fourth-order valence-electron chi connectivity index (χ4n) is 2.79. The Morgan fingerprint density at radius 3 is 3.27 bits per heavy atom. The smallest absolute Gasteiger partial charge is 0.0356 e. The monoisotopic (exact) mass is 150 g/mol. The molecule has 0 amide bonds. The van der Waals surface area contributed by atoms with Crippen LogP contribution in [-0.4, -0.2) is 23.5 Å². The Hall–Kier alpha value is -0.500. The number of rotatable bonds is 0. The zero-order valence-electron chi connectivity index (χ0n) is 6.66. The quantitative estimate of drug-likeness (QED) is 0.550. The summed E-state index contributed by atoms with van der Waals surface area (Å²) < 4.78 is 0. The summed E-state index contributed by atoms with van der Waals surface area (Å²) >= 11 is 0. The van der Waals surface area contributed by atoms with Crippen LogP contribution >= 0.6 is 0 Å². The van der Waals surface area contributed by atoms with Crippen molar-refractivity contribution in [1.82, 2.24) is 4.90 Å². The average molecular weight is 150 g/mol. The summed E-state index contributed by atoms with van der Waals surface area (Å²) in [5.41, 5.74) is 7.58. The van der Waals surface area contributed by atoms with Gasteiger partial charge in [0.1, 0.15) is 0 Å². The molecule has 0 aromatic carbocycles. The number of nitrogens with two attached hydrogens (primary N) is 1. The Balaban J connectivity index is 1.93. The van der Waals surface area contributed by atoms with Crippen LogP contribution in [0.1, 0.15) is 19.3 Å². The maximum Gasteiger partial charge on any atom is 0.0356 e. The van der Waals surface area contributed by atoms with E-state index >= 15 is 0 Å². The highest BCUT2D eigenvalue weighted by molar-refractivity contribution is 5.24. The van der Waals surface area contributed by atoms with E-state index in [4.69, 9.17) is 5.73 Å². The van der Waals surface area contributed by atoms with Crippen molar-refractivity contribution < 1.29 is 0 Å².